The van der Waals surface area contributed by atoms with E-state index < -0.39 is 17.8 Å². The number of carbonyl (C=O) groups excluding carboxylic acids is 1. The zero-order valence-electron chi connectivity index (χ0n) is 15.6. The van der Waals surface area contributed by atoms with Crippen molar-refractivity contribution in [1.29, 1.82) is 0 Å². The van der Waals surface area contributed by atoms with Gasteiger partial charge >= 0.3 is 6.18 Å². The predicted octanol–water partition coefficient (Wildman–Crippen LogP) is 3.95. The fourth-order valence-electron chi connectivity index (χ4n) is 3.16. The Bertz CT molecular complexity index is 1080. The third kappa shape index (κ3) is 4.35. The van der Waals surface area contributed by atoms with E-state index in [9.17, 15) is 18.0 Å². The molecule has 1 unspecified atom stereocenters. The van der Waals surface area contributed by atoms with Crippen molar-refractivity contribution >= 4 is 11.6 Å². The molecule has 2 heterocycles. The number of fused-ring (bicyclic) bond motifs is 1. The number of carbonyl (C=O) groups is 1. The highest BCUT2D eigenvalue weighted by Crippen LogP contribution is 2.35. The van der Waals surface area contributed by atoms with E-state index in [0.717, 1.165) is 28.1 Å². The maximum absolute atomic E-state index is 12.6. The number of halogens is 3. The van der Waals surface area contributed by atoms with Crippen LogP contribution in [0.2, 0.25) is 0 Å². The van der Waals surface area contributed by atoms with Crippen LogP contribution in [0.25, 0.3) is 0 Å². The van der Waals surface area contributed by atoms with Gasteiger partial charge in [0.1, 0.15) is 18.4 Å². The smallest absolute Gasteiger partial charge is 0.435 e. The zero-order chi connectivity index (χ0) is 21.1. The lowest BCUT2D eigenvalue weighted by Crippen LogP contribution is -2.28. The Kier molecular flexibility index (Phi) is 5.26. The van der Waals surface area contributed by atoms with E-state index in [1.54, 1.807) is 0 Å². The molecule has 1 aliphatic heterocycles. The summed E-state index contributed by atoms with van der Waals surface area (Å²) >= 11 is 0. The second-order valence-electron chi connectivity index (χ2n) is 6.71. The number of hydrogen-bond donors (Lipinski definition) is 1. The third-order valence-electron chi connectivity index (χ3n) is 4.57. The number of aromatic nitrogens is 2. The van der Waals surface area contributed by atoms with Gasteiger partial charge in [-0.1, -0.05) is 42.5 Å². The molecule has 1 amide bonds. The van der Waals surface area contributed by atoms with Gasteiger partial charge in [-0.3, -0.25) is 9.48 Å². The summed E-state index contributed by atoms with van der Waals surface area (Å²) in [4.78, 5) is 12.2. The van der Waals surface area contributed by atoms with Gasteiger partial charge in [0.15, 0.2) is 5.69 Å². The molecule has 0 radical (unpaired) electrons. The minimum Gasteiger partial charge on any atom is -0.485 e. The minimum atomic E-state index is -4.56. The van der Waals surface area contributed by atoms with Crippen LogP contribution in [0.15, 0.2) is 72.0 Å². The first-order chi connectivity index (χ1) is 14.4. The quantitative estimate of drug-likeness (QED) is 0.658. The van der Waals surface area contributed by atoms with Crippen molar-refractivity contribution in [2.75, 3.05) is 0 Å². The van der Waals surface area contributed by atoms with E-state index in [1.807, 2.05) is 54.6 Å². The van der Waals surface area contributed by atoms with Crippen LogP contribution in [0.5, 0.6) is 5.75 Å². The van der Waals surface area contributed by atoms with Gasteiger partial charge in [-0.2, -0.15) is 23.4 Å². The number of rotatable bonds is 4. The Hall–Kier alpha value is -3.62. The Balaban J connectivity index is 1.50. The topological polar surface area (TPSA) is 68.5 Å². The van der Waals surface area contributed by atoms with Gasteiger partial charge < -0.3 is 4.74 Å². The molecular formula is C21H17F3N4O2. The molecule has 1 aliphatic rings. The summed E-state index contributed by atoms with van der Waals surface area (Å²) in [6.45, 7) is -0.382. The van der Waals surface area contributed by atoms with Crippen molar-refractivity contribution in [3.05, 3.63) is 83.7 Å². The van der Waals surface area contributed by atoms with Crippen LogP contribution < -0.4 is 10.2 Å². The molecule has 0 spiro atoms. The molecule has 1 atom stereocenters. The first-order valence-electron chi connectivity index (χ1n) is 9.17. The molecule has 1 aromatic heterocycles. The van der Waals surface area contributed by atoms with E-state index in [4.69, 9.17) is 4.74 Å². The second-order valence-corrected chi connectivity index (χ2v) is 6.71. The molecule has 3 aromatic rings. The van der Waals surface area contributed by atoms with Crippen LogP contribution in [-0.2, 0) is 17.5 Å². The molecule has 154 valence electrons. The molecule has 9 heteroatoms. The summed E-state index contributed by atoms with van der Waals surface area (Å²) in [5, 5.41) is 7.59. The van der Waals surface area contributed by atoms with Crippen molar-refractivity contribution in [3.63, 3.8) is 0 Å². The molecule has 2 aromatic carbocycles. The highest BCUT2D eigenvalue weighted by molar-refractivity contribution is 6.04. The summed E-state index contributed by atoms with van der Waals surface area (Å²) < 4.78 is 44.9. The lowest BCUT2D eigenvalue weighted by molar-refractivity contribution is -0.141. The van der Waals surface area contributed by atoms with E-state index in [-0.39, 0.29) is 12.6 Å². The van der Waals surface area contributed by atoms with Crippen LogP contribution in [-0.4, -0.2) is 21.4 Å². The van der Waals surface area contributed by atoms with Gasteiger partial charge in [0, 0.05) is 18.2 Å². The van der Waals surface area contributed by atoms with Crippen molar-refractivity contribution in [2.45, 2.75) is 25.2 Å². The fraction of sp³-hybridized carbons (Fsp3) is 0.190. The van der Waals surface area contributed by atoms with Crippen molar-refractivity contribution < 1.29 is 22.7 Å². The first kappa shape index (κ1) is 19.7. The monoisotopic (exact) mass is 414 g/mol. The van der Waals surface area contributed by atoms with Crippen LogP contribution in [0, 0.1) is 0 Å². The number of alkyl halides is 3. The maximum Gasteiger partial charge on any atom is 0.435 e. The maximum atomic E-state index is 12.6. The second kappa shape index (κ2) is 8.02. The van der Waals surface area contributed by atoms with Crippen LogP contribution in [0.1, 0.15) is 29.3 Å². The van der Waals surface area contributed by atoms with E-state index in [0.29, 0.717) is 17.9 Å². The summed E-state index contributed by atoms with van der Waals surface area (Å²) in [6, 6.07) is 17.8. The lowest BCUT2D eigenvalue weighted by atomic mass is 9.96. The number of amides is 1. The number of ether oxygens (including phenoxy) is 1. The first-order valence-corrected chi connectivity index (χ1v) is 9.17. The van der Waals surface area contributed by atoms with E-state index >= 15 is 0 Å². The van der Waals surface area contributed by atoms with Crippen LogP contribution in [0.4, 0.5) is 13.2 Å². The number of benzene rings is 2. The van der Waals surface area contributed by atoms with Gasteiger partial charge in [0.25, 0.3) is 5.91 Å². The Morgan fingerprint density at radius 3 is 2.60 bits per heavy atom. The van der Waals surface area contributed by atoms with Crippen LogP contribution in [0.3, 0.4) is 0 Å². The highest BCUT2D eigenvalue weighted by Gasteiger charge is 2.33. The summed E-state index contributed by atoms with van der Waals surface area (Å²) in [5.74, 6) is 0.0621. The van der Waals surface area contributed by atoms with Crippen molar-refractivity contribution in [2.24, 2.45) is 5.10 Å². The number of hydrogen-bond acceptors (Lipinski definition) is 4. The minimum absolute atomic E-state index is 0.266. The van der Waals surface area contributed by atoms with Gasteiger partial charge in [0.05, 0.1) is 5.71 Å². The number of para-hydroxylation sites is 1. The Morgan fingerprint density at radius 1 is 1.13 bits per heavy atom. The Morgan fingerprint density at radius 2 is 1.87 bits per heavy atom. The molecule has 0 bridgehead atoms. The number of hydrazone groups is 1. The molecule has 6 nitrogen and oxygen atoms in total. The lowest BCUT2D eigenvalue weighted by Gasteiger charge is -2.27. The molecule has 0 saturated carbocycles. The van der Waals surface area contributed by atoms with Crippen LogP contribution >= 0.6 is 0 Å². The van der Waals surface area contributed by atoms with E-state index in [2.05, 4.69) is 15.6 Å². The molecule has 0 aliphatic carbocycles. The largest absolute Gasteiger partial charge is 0.485 e. The molecular weight excluding hydrogens is 397 g/mol. The average molecular weight is 414 g/mol. The molecule has 4 rings (SSSR count). The van der Waals surface area contributed by atoms with Gasteiger partial charge in [-0.25, -0.2) is 5.43 Å². The summed E-state index contributed by atoms with van der Waals surface area (Å²) in [7, 11) is 0. The molecule has 30 heavy (non-hydrogen) atoms. The Labute approximate surface area is 170 Å². The number of nitrogens with one attached hydrogen (secondary N) is 1. The number of nitrogens with zero attached hydrogens (tertiary/aromatic N) is 3. The molecule has 0 saturated heterocycles. The third-order valence-corrected chi connectivity index (χ3v) is 4.57. The van der Waals surface area contributed by atoms with Crippen molar-refractivity contribution in [1.82, 2.24) is 15.2 Å². The fourth-order valence-corrected chi connectivity index (χ4v) is 3.16. The SMILES string of the molecule is O=C(Cn1ccc(C(F)(F)F)n1)N/N=C1/CC(c2ccccc2)Oc2ccccc21. The zero-order valence-corrected chi connectivity index (χ0v) is 15.6. The van der Waals surface area contributed by atoms with Crippen molar-refractivity contribution in [3.8, 4) is 5.75 Å². The predicted molar refractivity (Wildman–Crippen MR) is 103 cm³/mol. The van der Waals surface area contributed by atoms with Gasteiger partial charge in [-0.05, 0) is 23.8 Å². The van der Waals surface area contributed by atoms with Gasteiger partial charge in [-0.15, -0.1) is 0 Å². The summed E-state index contributed by atoms with van der Waals surface area (Å²) in [5.41, 5.74) is 3.71. The molecule has 1 N–H and O–H groups in total. The van der Waals surface area contributed by atoms with Gasteiger partial charge in [0.2, 0.25) is 0 Å². The molecule has 0 fully saturated rings. The highest BCUT2D eigenvalue weighted by atomic mass is 19.4. The normalized spacial score (nSPS) is 17.3. The van der Waals surface area contributed by atoms with E-state index in [1.165, 1.54) is 0 Å². The average Bonchev–Trinajstić information content (AvgIpc) is 3.21. The standard InChI is InChI=1S/C21H17F3N4O2/c22-21(23,24)19-10-11-28(27-19)13-20(29)26-25-16-12-18(14-6-2-1-3-7-14)30-17-9-5-4-8-15(16)17/h1-11,18H,12-13H2,(H,26,29)/b25-16-. The summed E-state index contributed by atoms with van der Waals surface area (Å²) in [6.07, 6.45) is -3.29.